The van der Waals surface area contributed by atoms with Gasteiger partial charge in [0, 0.05) is 48.3 Å². The van der Waals surface area contributed by atoms with Gasteiger partial charge in [0.2, 0.25) is 11.9 Å². The predicted octanol–water partition coefficient (Wildman–Crippen LogP) is 3.00. The summed E-state index contributed by atoms with van der Waals surface area (Å²) in [6.45, 7) is 0. The van der Waals surface area contributed by atoms with Crippen LogP contribution in [0.3, 0.4) is 0 Å². The van der Waals surface area contributed by atoms with Gasteiger partial charge in [0.05, 0.1) is 12.3 Å². The zero-order chi connectivity index (χ0) is 17.7. The van der Waals surface area contributed by atoms with Crippen LogP contribution in [0.1, 0.15) is 12.8 Å². The largest absolute Gasteiger partial charge is 0.381 e. The van der Waals surface area contributed by atoms with E-state index in [4.69, 9.17) is 4.74 Å². The van der Waals surface area contributed by atoms with Gasteiger partial charge in [0.1, 0.15) is 11.3 Å². The van der Waals surface area contributed by atoms with Crippen molar-refractivity contribution in [2.45, 2.75) is 25.0 Å². The number of hydrogen-bond acceptors (Lipinski definition) is 5. The van der Waals surface area contributed by atoms with E-state index in [-0.39, 0.29) is 5.95 Å². The van der Waals surface area contributed by atoms with Gasteiger partial charge in [-0.05, 0) is 25.0 Å². The number of methoxy groups -OCH3 is 1. The van der Waals surface area contributed by atoms with E-state index in [1.165, 1.54) is 10.6 Å². The molecule has 0 unspecified atom stereocenters. The van der Waals surface area contributed by atoms with E-state index in [1.54, 1.807) is 25.6 Å². The van der Waals surface area contributed by atoms with Crippen molar-refractivity contribution in [3.63, 3.8) is 0 Å². The maximum absolute atomic E-state index is 13.8. The van der Waals surface area contributed by atoms with Crippen LogP contribution in [0.15, 0.2) is 36.9 Å². The second-order valence-electron chi connectivity index (χ2n) is 6.56. The molecule has 8 heteroatoms. The normalized spacial score (nSPS) is 19.8. The first-order chi connectivity index (χ1) is 12.7. The Hall–Kier alpha value is -3.00. The highest BCUT2D eigenvalue weighted by atomic mass is 19.1. The highest BCUT2D eigenvalue weighted by molar-refractivity contribution is 5.93. The summed E-state index contributed by atoms with van der Waals surface area (Å²) in [7, 11) is 1.73. The number of aromatic nitrogens is 5. The minimum absolute atomic E-state index is 0.326. The third kappa shape index (κ3) is 2.41. The van der Waals surface area contributed by atoms with Crippen LogP contribution >= 0.6 is 0 Å². The van der Waals surface area contributed by atoms with E-state index in [9.17, 15) is 4.39 Å². The lowest BCUT2D eigenvalue weighted by Crippen LogP contribution is -2.40. The number of imidazole rings is 1. The Morgan fingerprint density at radius 1 is 1.27 bits per heavy atom. The van der Waals surface area contributed by atoms with Crippen molar-refractivity contribution in [1.29, 1.82) is 0 Å². The second-order valence-corrected chi connectivity index (χ2v) is 6.56. The first-order valence-corrected chi connectivity index (χ1v) is 8.47. The molecule has 0 aliphatic heterocycles. The summed E-state index contributed by atoms with van der Waals surface area (Å²) in [5, 5.41) is 4.22. The zero-order valence-electron chi connectivity index (χ0n) is 14.1. The summed E-state index contributed by atoms with van der Waals surface area (Å²) >= 11 is 0. The van der Waals surface area contributed by atoms with Gasteiger partial charge in [-0.1, -0.05) is 0 Å². The van der Waals surface area contributed by atoms with Crippen LogP contribution in [0, 0.1) is 5.95 Å². The molecule has 0 bridgehead atoms. The molecule has 132 valence electrons. The number of hydrogen-bond donors (Lipinski definition) is 2. The number of rotatable bonds is 4. The van der Waals surface area contributed by atoms with Crippen molar-refractivity contribution in [1.82, 2.24) is 24.3 Å². The number of aromatic amines is 1. The molecule has 4 heterocycles. The van der Waals surface area contributed by atoms with Gasteiger partial charge in [-0.25, -0.2) is 9.97 Å². The highest BCUT2D eigenvalue weighted by Crippen LogP contribution is 2.29. The minimum atomic E-state index is -0.390. The lowest BCUT2D eigenvalue weighted by Gasteiger charge is -2.34. The fraction of sp³-hybridized carbons (Fsp3) is 0.278. The molecule has 1 saturated carbocycles. The van der Waals surface area contributed by atoms with Crippen LogP contribution in [0.5, 0.6) is 0 Å². The van der Waals surface area contributed by atoms with Crippen molar-refractivity contribution in [3.8, 4) is 11.1 Å². The number of nitrogens with one attached hydrogen (secondary N) is 2. The summed E-state index contributed by atoms with van der Waals surface area (Å²) in [6.07, 6.45) is 8.84. The van der Waals surface area contributed by atoms with Crippen LogP contribution in [-0.2, 0) is 4.74 Å². The van der Waals surface area contributed by atoms with Gasteiger partial charge < -0.3 is 15.0 Å². The maximum atomic E-state index is 13.8. The molecule has 0 radical (unpaired) electrons. The molecule has 2 N–H and O–H groups in total. The van der Waals surface area contributed by atoms with Crippen LogP contribution < -0.4 is 5.32 Å². The summed E-state index contributed by atoms with van der Waals surface area (Å²) in [4.78, 5) is 16.2. The number of pyridine rings is 1. The average Bonchev–Trinajstić information content (AvgIpc) is 3.21. The van der Waals surface area contributed by atoms with Crippen molar-refractivity contribution in [3.05, 3.63) is 42.9 Å². The monoisotopic (exact) mass is 352 g/mol. The Kier molecular flexibility index (Phi) is 3.39. The van der Waals surface area contributed by atoms with Crippen molar-refractivity contribution in [2.24, 2.45) is 0 Å². The Labute approximate surface area is 148 Å². The predicted molar refractivity (Wildman–Crippen MR) is 95.5 cm³/mol. The standard InChI is InChI=1S/C18H17FN6O/c1-26-12-4-11(5-12)23-18-22-7-14-13(6-21-17(14)24-18)10-2-3-16-20-8-15(19)25(16)9-10/h2-3,6-9,11-12H,4-5H2,1H3,(H2,21,22,23,24). The molecule has 1 fully saturated rings. The molecular weight excluding hydrogens is 335 g/mol. The van der Waals surface area contributed by atoms with E-state index < -0.39 is 0 Å². The third-order valence-corrected chi connectivity index (χ3v) is 4.96. The van der Waals surface area contributed by atoms with E-state index in [1.807, 2.05) is 12.3 Å². The number of fused-ring (bicyclic) bond motifs is 2. The lowest BCUT2D eigenvalue weighted by molar-refractivity contribution is 0.0327. The number of nitrogens with zero attached hydrogens (tertiary/aromatic N) is 4. The van der Waals surface area contributed by atoms with Crippen LogP contribution in [-0.4, -0.2) is 43.6 Å². The van der Waals surface area contributed by atoms with Crippen molar-refractivity contribution < 1.29 is 9.13 Å². The molecule has 1 aliphatic carbocycles. The lowest BCUT2D eigenvalue weighted by atomic mass is 9.89. The fourth-order valence-electron chi connectivity index (χ4n) is 3.38. The average molecular weight is 352 g/mol. The highest BCUT2D eigenvalue weighted by Gasteiger charge is 2.29. The van der Waals surface area contributed by atoms with Gasteiger partial charge in [0.15, 0.2) is 0 Å². The van der Waals surface area contributed by atoms with Crippen LogP contribution in [0.25, 0.3) is 27.8 Å². The first kappa shape index (κ1) is 15.3. The summed E-state index contributed by atoms with van der Waals surface area (Å²) in [5.74, 6) is 0.209. The second kappa shape index (κ2) is 5.77. The molecule has 1 aliphatic rings. The molecule has 0 atom stereocenters. The van der Waals surface area contributed by atoms with E-state index in [2.05, 4.69) is 25.3 Å². The maximum Gasteiger partial charge on any atom is 0.224 e. The molecule has 26 heavy (non-hydrogen) atoms. The van der Waals surface area contributed by atoms with E-state index >= 15 is 0 Å². The van der Waals surface area contributed by atoms with Gasteiger partial charge in [-0.2, -0.15) is 9.37 Å². The third-order valence-electron chi connectivity index (χ3n) is 4.96. The van der Waals surface area contributed by atoms with Gasteiger partial charge in [0.25, 0.3) is 0 Å². The Morgan fingerprint density at radius 3 is 3.00 bits per heavy atom. The minimum Gasteiger partial charge on any atom is -0.381 e. The van der Waals surface area contributed by atoms with Crippen LogP contribution in [0.2, 0.25) is 0 Å². The first-order valence-electron chi connectivity index (χ1n) is 8.47. The SMILES string of the molecule is COC1CC(Nc2ncc3c(-c4ccc5ncc(F)n5c4)c[nH]c3n2)C1. The molecule has 7 nitrogen and oxygen atoms in total. The van der Waals surface area contributed by atoms with E-state index in [0.717, 1.165) is 35.0 Å². The topological polar surface area (TPSA) is 80.1 Å². The summed E-state index contributed by atoms with van der Waals surface area (Å²) < 4.78 is 20.5. The summed E-state index contributed by atoms with van der Waals surface area (Å²) in [5.41, 5.74) is 3.10. The number of H-pyrrole nitrogens is 1. The Morgan fingerprint density at radius 2 is 2.15 bits per heavy atom. The molecule has 0 spiro atoms. The molecular formula is C18H17FN6O. The molecule has 4 aromatic rings. The van der Waals surface area contributed by atoms with Crippen molar-refractivity contribution in [2.75, 3.05) is 12.4 Å². The summed E-state index contributed by atoms with van der Waals surface area (Å²) in [6, 6.07) is 4.05. The Balaban J connectivity index is 1.46. The van der Waals surface area contributed by atoms with E-state index in [0.29, 0.717) is 23.7 Å². The van der Waals surface area contributed by atoms with Gasteiger partial charge in [-0.15, -0.1) is 0 Å². The molecule has 0 saturated heterocycles. The number of anilines is 1. The molecule has 0 amide bonds. The smallest absolute Gasteiger partial charge is 0.224 e. The molecule has 0 aromatic carbocycles. The van der Waals surface area contributed by atoms with Crippen LogP contribution in [0.4, 0.5) is 10.3 Å². The van der Waals surface area contributed by atoms with Crippen molar-refractivity contribution >= 4 is 22.6 Å². The Bertz CT molecular complexity index is 1100. The number of halogens is 1. The zero-order valence-corrected chi connectivity index (χ0v) is 14.1. The fourth-order valence-corrected chi connectivity index (χ4v) is 3.38. The van der Waals surface area contributed by atoms with Gasteiger partial charge in [-0.3, -0.25) is 4.40 Å². The number of ether oxygens (including phenoxy) is 1. The quantitative estimate of drug-likeness (QED) is 0.590. The molecule has 5 rings (SSSR count). The molecule has 4 aromatic heterocycles. The van der Waals surface area contributed by atoms with Gasteiger partial charge >= 0.3 is 0 Å².